The van der Waals surface area contributed by atoms with Gasteiger partial charge >= 0.3 is 5.97 Å². The molecule has 15 heteroatoms. The topological polar surface area (TPSA) is 212 Å². The van der Waals surface area contributed by atoms with Gasteiger partial charge in [-0.3, -0.25) is 24.6 Å². The summed E-state index contributed by atoms with van der Waals surface area (Å²) in [5.41, 5.74) is 4.73. The van der Waals surface area contributed by atoms with Gasteiger partial charge in [0, 0.05) is 52.5 Å². The van der Waals surface area contributed by atoms with Crippen LogP contribution in [-0.4, -0.2) is 99.4 Å². The van der Waals surface area contributed by atoms with E-state index in [4.69, 9.17) is 25.8 Å². The monoisotopic (exact) mass is 688 g/mol. The first-order valence-electron chi connectivity index (χ1n) is 16.1. The van der Waals surface area contributed by atoms with Gasteiger partial charge in [0.05, 0.1) is 17.4 Å². The fraction of sp³-hybridized carbons (Fsp3) is 0.545. The number of benzene rings is 2. The molecule has 2 fully saturated rings. The van der Waals surface area contributed by atoms with Gasteiger partial charge in [0.1, 0.15) is 6.04 Å². The highest BCUT2D eigenvalue weighted by Crippen LogP contribution is 2.50. The number of piperidine rings is 2. The third-order valence-corrected chi connectivity index (χ3v) is 10.9. The molecule has 2 saturated heterocycles. The molecule has 0 bridgehead atoms. The number of rotatable bonds is 10. The summed E-state index contributed by atoms with van der Waals surface area (Å²) < 4.78 is 34.0. The number of nitrogens with one attached hydrogen (secondary N) is 3. The van der Waals surface area contributed by atoms with Crippen molar-refractivity contribution in [3.05, 3.63) is 42.5 Å². The number of amides is 2. The summed E-state index contributed by atoms with van der Waals surface area (Å²) in [6.07, 6.45) is 2.72. The maximum Gasteiger partial charge on any atom is 0.312 e. The van der Waals surface area contributed by atoms with Gasteiger partial charge in [-0.25, -0.2) is 13.1 Å². The van der Waals surface area contributed by atoms with Crippen LogP contribution in [0.4, 0.5) is 0 Å². The number of hydrogen-bond acceptors (Lipinski definition) is 8. The zero-order chi connectivity index (χ0) is 35.6. The van der Waals surface area contributed by atoms with E-state index in [9.17, 15) is 22.8 Å². The molecule has 2 heterocycles. The zero-order valence-electron chi connectivity index (χ0n) is 28.0. The van der Waals surface area contributed by atoms with Crippen LogP contribution in [-0.2, 0) is 33.9 Å². The quantitative estimate of drug-likeness (QED) is 0.139. The molecule has 0 radical (unpaired) electrons. The fourth-order valence-electron chi connectivity index (χ4n) is 7.26. The number of sulfonamides is 1. The number of guanidine groups is 1. The molecular weight excluding hydrogens is 640 g/mol. The fourth-order valence-corrected chi connectivity index (χ4v) is 8.33. The highest BCUT2D eigenvalue weighted by atomic mass is 32.2. The Labute approximate surface area is 281 Å². The number of esters is 1. The van der Waals surface area contributed by atoms with Crippen LogP contribution < -0.4 is 15.8 Å². The van der Waals surface area contributed by atoms with Crippen LogP contribution in [0.15, 0.2) is 47.4 Å². The number of likely N-dealkylation sites (N-methyl/N-ethyl adjacent to an activating group) is 1. The number of carbonyl (C=O) groups is 4. The van der Waals surface area contributed by atoms with Gasteiger partial charge in [-0.2, -0.15) is 0 Å². The summed E-state index contributed by atoms with van der Waals surface area (Å²) in [7, 11) is -1.05. The minimum Gasteiger partial charge on any atom is -0.481 e. The molecule has 4 atom stereocenters. The summed E-state index contributed by atoms with van der Waals surface area (Å²) >= 11 is 0. The summed E-state index contributed by atoms with van der Waals surface area (Å²) in [4.78, 5) is 53.3. The Kier molecular flexibility index (Phi) is 13.3. The molecular formula is C33H48N6O8S. The third kappa shape index (κ3) is 8.61. The molecule has 0 aliphatic carbocycles. The van der Waals surface area contributed by atoms with E-state index in [-0.39, 0.29) is 41.6 Å². The van der Waals surface area contributed by atoms with E-state index in [0.29, 0.717) is 45.3 Å². The third-order valence-electron chi connectivity index (χ3n) is 9.43. The molecule has 48 heavy (non-hydrogen) atoms. The van der Waals surface area contributed by atoms with Crippen LogP contribution in [0.2, 0.25) is 0 Å². The minimum atomic E-state index is -3.89. The van der Waals surface area contributed by atoms with Gasteiger partial charge < -0.3 is 30.7 Å². The molecule has 0 saturated carbocycles. The first-order chi connectivity index (χ1) is 22.7. The molecule has 14 nitrogen and oxygen atoms in total. The first-order valence-corrected chi connectivity index (χ1v) is 17.6. The Bertz CT molecular complexity index is 1600. The molecule has 4 rings (SSSR count). The van der Waals surface area contributed by atoms with Crippen molar-refractivity contribution in [3.63, 3.8) is 0 Å². The normalized spacial score (nSPS) is 20.9. The Morgan fingerprint density at radius 2 is 1.73 bits per heavy atom. The number of nitrogens with two attached hydrogens (primary N) is 1. The first kappa shape index (κ1) is 38.2. The van der Waals surface area contributed by atoms with E-state index >= 15 is 0 Å². The van der Waals surface area contributed by atoms with Crippen LogP contribution in [0.25, 0.3) is 10.8 Å². The van der Waals surface area contributed by atoms with Crippen molar-refractivity contribution in [3.8, 4) is 0 Å². The molecule has 0 aromatic heterocycles. The van der Waals surface area contributed by atoms with Gasteiger partial charge in [-0.1, -0.05) is 37.3 Å². The second-order valence-electron chi connectivity index (χ2n) is 12.1. The number of nitrogens with zero attached hydrogens (tertiary/aromatic N) is 2. The Morgan fingerprint density at radius 3 is 2.33 bits per heavy atom. The maximum atomic E-state index is 13.7. The maximum absolute atomic E-state index is 13.7. The Hall–Kier alpha value is -4.24. The van der Waals surface area contributed by atoms with Crippen LogP contribution >= 0.6 is 0 Å². The highest BCUT2D eigenvalue weighted by Gasteiger charge is 2.57. The van der Waals surface area contributed by atoms with Crippen molar-refractivity contribution >= 4 is 50.5 Å². The average molecular weight is 689 g/mol. The van der Waals surface area contributed by atoms with Crippen LogP contribution in [0.5, 0.6) is 0 Å². The number of fused-ring (bicyclic) bond motifs is 1. The number of likely N-dealkylation sites (tertiary alicyclic amines) is 2. The second kappa shape index (κ2) is 16.7. The highest BCUT2D eigenvalue weighted by molar-refractivity contribution is 7.89. The summed E-state index contributed by atoms with van der Waals surface area (Å²) in [5.74, 6) is -2.91. The van der Waals surface area contributed by atoms with Crippen molar-refractivity contribution < 1.29 is 37.4 Å². The van der Waals surface area contributed by atoms with Crippen molar-refractivity contribution in [2.24, 2.45) is 23.0 Å². The SMILES string of the molecule is CC(=O)O.CCC(C(=O)OC)(C1CCCN(C(=O)CCNS(=O)(=O)c2ccc3ccccc3c2)C1C(=O)NC)[C@@H]1CCCN(C(=N)N)C1. The van der Waals surface area contributed by atoms with E-state index in [0.717, 1.165) is 24.1 Å². The number of ether oxygens (including phenoxy) is 1. The molecule has 2 amide bonds. The second-order valence-corrected chi connectivity index (χ2v) is 13.9. The number of carboxylic acid groups (broad SMARTS) is 1. The van der Waals surface area contributed by atoms with Gasteiger partial charge in [-0.15, -0.1) is 0 Å². The lowest BCUT2D eigenvalue weighted by Gasteiger charge is -2.52. The lowest BCUT2D eigenvalue weighted by molar-refractivity contribution is -0.173. The van der Waals surface area contributed by atoms with Crippen molar-refractivity contribution in [1.82, 2.24) is 19.8 Å². The smallest absolute Gasteiger partial charge is 0.312 e. The summed E-state index contributed by atoms with van der Waals surface area (Å²) in [5, 5.41) is 19.8. The molecule has 6 N–H and O–H groups in total. The summed E-state index contributed by atoms with van der Waals surface area (Å²) in [6.45, 7) is 4.11. The lowest BCUT2D eigenvalue weighted by atomic mass is 9.58. The van der Waals surface area contributed by atoms with Gasteiger partial charge in [0.25, 0.3) is 5.97 Å². The zero-order valence-corrected chi connectivity index (χ0v) is 28.8. The van der Waals surface area contributed by atoms with E-state index in [2.05, 4.69) is 10.0 Å². The Balaban J connectivity index is 0.00000148. The van der Waals surface area contributed by atoms with Crippen molar-refractivity contribution in [2.45, 2.75) is 63.3 Å². The largest absolute Gasteiger partial charge is 0.481 e. The summed E-state index contributed by atoms with van der Waals surface area (Å²) in [6, 6.07) is 11.3. The van der Waals surface area contributed by atoms with Crippen molar-refractivity contribution in [2.75, 3.05) is 40.3 Å². The van der Waals surface area contributed by atoms with E-state index in [1.165, 1.54) is 25.1 Å². The molecule has 2 aromatic rings. The van der Waals surface area contributed by atoms with E-state index in [1.54, 1.807) is 17.0 Å². The van der Waals surface area contributed by atoms with Crippen LogP contribution in [0.1, 0.15) is 52.4 Å². The lowest BCUT2D eigenvalue weighted by Crippen LogP contribution is -2.64. The predicted octanol–water partition coefficient (Wildman–Crippen LogP) is 2.13. The van der Waals surface area contributed by atoms with E-state index in [1.807, 2.05) is 31.2 Å². The van der Waals surface area contributed by atoms with E-state index < -0.39 is 39.3 Å². The molecule has 2 aliphatic rings. The Morgan fingerprint density at radius 1 is 1.08 bits per heavy atom. The number of aliphatic carboxylic acids is 1. The molecule has 2 aliphatic heterocycles. The van der Waals surface area contributed by atoms with Crippen molar-refractivity contribution in [1.29, 1.82) is 5.41 Å². The van der Waals surface area contributed by atoms with Crippen LogP contribution in [0, 0.1) is 22.7 Å². The molecule has 0 spiro atoms. The van der Waals surface area contributed by atoms with Gasteiger partial charge in [-0.05, 0) is 60.9 Å². The number of hydrogen-bond donors (Lipinski definition) is 5. The minimum absolute atomic E-state index is 0.0704. The standard InChI is InChI=1S/C31H44N6O6S.C2H4O2/c1-4-31(29(40)43-3,23-11-7-17-36(20-23)30(32)33)25-12-8-18-37(27(25)28(39)34-2)26(38)15-16-35-44(41,42)24-14-13-21-9-5-6-10-22(21)19-24;1-2(3)4/h5-6,9-10,13-14,19,23,25,27,35H,4,7-8,11-12,15-18,20H2,1-3H3,(H3,32,33)(H,34,39);1H3,(H,3,4)/t23-,25?,27?,31?;/m1./s1. The van der Waals surface area contributed by atoms with Crippen LogP contribution in [0.3, 0.4) is 0 Å². The molecule has 2 aromatic carbocycles. The number of carbonyl (C=O) groups excluding carboxylic acids is 3. The predicted molar refractivity (Wildman–Crippen MR) is 180 cm³/mol. The molecule has 3 unspecified atom stereocenters. The number of carboxylic acids is 1. The van der Waals surface area contributed by atoms with Gasteiger partial charge in [0.15, 0.2) is 5.96 Å². The number of methoxy groups -OCH3 is 1. The average Bonchev–Trinajstić information content (AvgIpc) is 3.07. The van der Waals surface area contributed by atoms with Gasteiger partial charge in [0.2, 0.25) is 21.8 Å². The molecule has 264 valence electrons.